The highest BCUT2D eigenvalue weighted by atomic mass is 33.1. The summed E-state index contributed by atoms with van der Waals surface area (Å²) >= 11 is 0. The first-order valence-corrected chi connectivity index (χ1v) is 7.97. The zero-order chi connectivity index (χ0) is 13.6. The van der Waals surface area contributed by atoms with Crippen molar-refractivity contribution in [2.24, 2.45) is 0 Å². The van der Waals surface area contributed by atoms with Crippen LogP contribution in [0.25, 0.3) is 0 Å². The van der Waals surface area contributed by atoms with Gasteiger partial charge in [0.15, 0.2) is 0 Å². The van der Waals surface area contributed by atoms with E-state index in [-0.39, 0.29) is 25.2 Å². The lowest BCUT2D eigenvalue weighted by Gasteiger charge is -2.02. The van der Waals surface area contributed by atoms with Crippen molar-refractivity contribution in [2.75, 3.05) is 24.7 Å². The quantitative estimate of drug-likeness (QED) is 0.252. The van der Waals surface area contributed by atoms with Crippen molar-refractivity contribution in [3.8, 4) is 0 Å². The molecule has 18 heavy (non-hydrogen) atoms. The molecule has 0 atom stereocenters. The first kappa shape index (κ1) is 17.1. The van der Waals surface area contributed by atoms with E-state index in [2.05, 4.69) is 13.2 Å². The van der Waals surface area contributed by atoms with Crippen molar-refractivity contribution < 1.29 is 19.1 Å². The molecule has 0 radical (unpaired) electrons. The third-order valence-electron chi connectivity index (χ3n) is 1.59. The highest BCUT2D eigenvalue weighted by Crippen LogP contribution is 2.22. The average Bonchev–Trinajstić information content (AvgIpc) is 2.37. The highest BCUT2D eigenvalue weighted by molar-refractivity contribution is 8.76. The standard InChI is InChI=1S/C12H18O4S2/c1-3-7-15-11(13)5-9-17-18-10-6-12(14)16-8-4-2/h3-4H,1-2,5-10H2. The fraction of sp³-hybridized carbons (Fsp3) is 0.500. The van der Waals surface area contributed by atoms with Gasteiger partial charge in [-0.3, -0.25) is 9.59 Å². The molecule has 0 bridgehead atoms. The molecule has 0 saturated heterocycles. The lowest BCUT2D eigenvalue weighted by atomic mass is 10.5. The zero-order valence-electron chi connectivity index (χ0n) is 10.3. The van der Waals surface area contributed by atoms with Crippen LogP contribution in [0.5, 0.6) is 0 Å². The average molecular weight is 290 g/mol. The van der Waals surface area contributed by atoms with Crippen LogP contribution < -0.4 is 0 Å². The van der Waals surface area contributed by atoms with Crippen molar-refractivity contribution in [2.45, 2.75) is 12.8 Å². The number of rotatable bonds is 11. The normalized spacial score (nSPS) is 9.56. The van der Waals surface area contributed by atoms with E-state index in [0.29, 0.717) is 24.3 Å². The largest absolute Gasteiger partial charge is 0.461 e. The molecule has 0 saturated carbocycles. The Morgan fingerprint density at radius 2 is 1.28 bits per heavy atom. The number of carbonyl (C=O) groups excluding carboxylic acids is 2. The van der Waals surface area contributed by atoms with E-state index in [1.807, 2.05) is 0 Å². The summed E-state index contributed by atoms with van der Waals surface area (Å²) in [6, 6.07) is 0. The molecular formula is C12H18O4S2. The summed E-state index contributed by atoms with van der Waals surface area (Å²) in [6.07, 6.45) is 3.81. The molecule has 0 fully saturated rings. The monoisotopic (exact) mass is 290 g/mol. The molecule has 102 valence electrons. The maximum Gasteiger partial charge on any atom is 0.306 e. The van der Waals surface area contributed by atoms with Crippen LogP contribution in [0.4, 0.5) is 0 Å². The molecule has 0 amide bonds. The van der Waals surface area contributed by atoms with Gasteiger partial charge in [-0.2, -0.15) is 0 Å². The third kappa shape index (κ3) is 11.6. The van der Waals surface area contributed by atoms with Gasteiger partial charge in [0.25, 0.3) is 0 Å². The molecule has 0 aliphatic heterocycles. The Balaban J connectivity index is 3.29. The SMILES string of the molecule is C=CCOC(=O)CCSSCCC(=O)OCC=C. The maximum atomic E-state index is 11.1. The topological polar surface area (TPSA) is 52.6 Å². The van der Waals surface area contributed by atoms with E-state index in [1.165, 1.54) is 12.2 Å². The van der Waals surface area contributed by atoms with Crippen molar-refractivity contribution in [3.63, 3.8) is 0 Å². The van der Waals surface area contributed by atoms with Gasteiger partial charge in [-0.05, 0) is 0 Å². The van der Waals surface area contributed by atoms with Crippen molar-refractivity contribution >= 4 is 33.5 Å². The second-order valence-corrected chi connectivity index (χ2v) is 5.79. The lowest BCUT2D eigenvalue weighted by Crippen LogP contribution is -2.05. The molecule has 0 heterocycles. The minimum Gasteiger partial charge on any atom is -0.461 e. The molecule has 0 aromatic heterocycles. The van der Waals surface area contributed by atoms with E-state index in [4.69, 9.17) is 9.47 Å². The van der Waals surface area contributed by atoms with Gasteiger partial charge >= 0.3 is 11.9 Å². The second kappa shape index (κ2) is 12.6. The summed E-state index contributed by atoms with van der Waals surface area (Å²) in [7, 11) is 3.09. The van der Waals surface area contributed by atoms with Crippen molar-refractivity contribution in [3.05, 3.63) is 25.3 Å². The highest BCUT2D eigenvalue weighted by Gasteiger charge is 2.04. The van der Waals surface area contributed by atoms with Crippen molar-refractivity contribution in [1.29, 1.82) is 0 Å². The molecular weight excluding hydrogens is 272 g/mol. The van der Waals surface area contributed by atoms with Crippen LogP contribution in [0, 0.1) is 0 Å². The molecule has 0 aromatic rings. The van der Waals surface area contributed by atoms with Gasteiger partial charge in [0.1, 0.15) is 13.2 Å². The minimum atomic E-state index is -0.228. The van der Waals surface area contributed by atoms with Gasteiger partial charge in [-0.25, -0.2) is 0 Å². The predicted octanol–water partition coefficient (Wildman–Crippen LogP) is 2.61. The van der Waals surface area contributed by atoms with Crippen LogP contribution in [0.3, 0.4) is 0 Å². The van der Waals surface area contributed by atoms with E-state index in [0.717, 1.165) is 0 Å². The summed E-state index contributed by atoms with van der Waals surface area (Å²) in [5, 5.41) is 0. The Kier molecular flexibility index (Phi) is 12.0. The molecule has 0 aliphatic rings. The van der Waals surface area contributed by atoms with E-state index in [1.54, 1.807) is 21.6 Å². The fourth-order valence-electron chi connectivity index (χ4n) is 0.816. The summed E-state index contributed by atoms with van der Waals surface area (Å²) in [5.41, 5.74) is 0. The smallest absolute Gasteiger partial charge is 0.306 e. The Morgan fingerprint density at radius 3 is 1.61 bits per heavy atom. The zero-order valence-corrected chi connectivity index (χ0v) is 11.9. The Bertz CT molecular complexity index is 251. The van der Waals surface area contributed by atoms with Crippen LogP contribution in [0.2, 0.25) is 0 Å². The molecule has 6 heteroatoms. The third-order valence-corrected chi connectivity index (χ3v) is 3.99. The summed E-state index contributed by atoms with van der Waals surface area (Å²) in [6.45, 7) is 7.42. The number of hydrogen-bond donors (Lipinski definition) is 0. The van der Waals surface area contributed by atoms with Gasteiger partial charge in [0.2, 0.25) is 0 Å². The van der Waals surface area contributed by atoms with Crippen LogP contribution in [0.15, 0.2) is 25.3 Å². The fourth-order valence-corrected chi connectivity index (χ4v) is 2.76. The van der Waals surface area contributed by atoms with Gasteiger partial charge < -0.3 is 9.47 Å². The number of hydrogen-bond acceptors (Lipinski definition) is 6. The second-order valence-electron chi connectivity index (χ2n) is 3.09. The molecule has 0 aromatic carbocycles. The van der Waals surface area contributed by atoms with E-state index < -0.39 is 0 Å². The first-order chi connectivity index (χ1) is 8.70. The van der Waals surface area contributed by atoms with Crippen LogP contribution >= 0.6 is 21.6 Å². The molecule has 0 aliphatic carbocycles. The summed E-state index contributed by atoms with van der Waals surface area (Å²) in [4.78, 5) is 22.2. The molecule has 0 spiro atoms. The van der Waals surface area contributed by atoms with Crippen LogP contribution in [0.1, 0.15) is 12.8 Å². The lowest BCUT2D eigenvalue weighted by molar-refractivity contribution is -0.142. The predicted molar refractivity (Wildman–Crippen MR) is 76.5 cm³/mol. The first-order valence-electron chi connectivity index (χ1n) is 5.48. The summed E-state index contributed by atoms with van der Waals surface area (Å²) in [5.74, 6) is 0.881. The van der Waals surface area contributed by atoms with E-state index >= 15 is 0 Å². The van der Waals surface area contributed by atoms with Gasteiger partial charge in [0, 0.05) is 11.5 Å². The van der Waals surface area contributed by atoms with Crippen molar-refractivity contribution in [1.82, 2.24) is 0 Å². The Hall–Kier alpha value is -0.880. The van der Waals surface area contributed by atoms with Gasteiger partial charge in [-0.15, -0.1) is 0 Å². The number of esters is 2. The minimum absolute atomic E-state index is 0.228. The van der Waals surface area contributed by atoms with Crippen LogP contribution in [-0.4, -0.2) is 36.7 Å². The molecule has 0 unspecified atom stereocenters. The molecule has 0 N–H and O–H groups in total. The number of carbonyl (C=O) groups is 2. The maximum absolute atomic E-state index is 11.1. The Morgan fingerprint density at radius 1 is 0.889 bits per heavy atom. The summed E-state index contributed by atoms with van der Waals surface area (Å²) < 4.78 is 9.63. The molecule has 4 nitrogen and oxygen atoms in total. The van der Waals surface area contributed by atoms with Gasteiger partial charge in [-0.1, -0.05) is 46.9 Å². The number of ether oxygens (including phenoxy) is 2. The van der Waals surface area contributed by atoms with Crippen LogP contribution in [-0.2, 0) is 19.1 Å². The Labute approximate surface area is 116 Å². The van der Waals surface area contributed by atoms with Gasteiger partial charge in [0.05, 0.1) is 12.8 Å². The molecule has 0 rings (SSSR count). The van der Waals surface area contributed by atoms with E-state index in [9.17, 15) is 9.59 Å².